The van der Waals surface area contributed by atoms with Crippen LogP contribution in [0.15, 0.2) is 11.6 Å². The normalized spacial score (nSPS) is 26.8. The molecule has 1 aliphatic heterocycles. The maximum absolute atomic E-state index is 13.4. The molecule has 1 heterocycles. The van der Waals surface area contributed by atoms with Gasteiger partial charge in [-0.15, -0.1) is 0 Å². The van der Waals surface area contributed by atoms with E-state index in [4.69, 9.17) is 85.3 Å². The van der Waals surface area contributed by atoms with Crippen LogP contribution >= 0.6 is 23.4 Å². The zero-order chi connectivity index (χ0) is 69.3. The lowest BCUT2D eigenvalue weighted by atomic mass is 9.50. The molecule has 0 aromatic heterocycles. The van der Waals surface area contributed by atoms with Crippen LogP contribution < -0.4 is 0 Å². The zero-order valence-electron chi connectivity index (χ0n) is 59.8. The third-order valence-electron chi connectivity index (χ3n) is 19.2. The number of hydrogen-bond donors (Lipinski definition) is 8. The summed E-state index contributed by atoms with van der Waals surface area (Å²) in [4.78, 5) is 26.4. The predicted molar refractivity (Wildman–Crippen MR) is 374 cm³/mol. The van der Waals surface area contributed by atoms with E-state index in [1.807, 2.05) is 0 Å². The average Bonchev–Trinajstić information content (AvgIpc) is 1.33. The van der Waals surface area contributed by atoms with Gasteiger partial charge in [0.05, 0.1) is 184 Å². The molecule has 5 aliphatic rings. The Hall–Kier alpha value is -1.44. The summed E-state index contributed by atoms with van der Waals surface area (Å²) in [5, 5.41) is 83.0. The van der Waals surface area contributed by atoms with Gasteiger partial charge in [-0.05, 0) is 98.2 Å². The number of carbonyl (C=O) groups is 2. The van der Waals surface area contributed by atoms with Gasteiger partial charge in [0.1, 0.15) is 55.9 Å². The Morgan fingerprint density at radius 1 is 0.616 bits per heavy atom. The van der Waals surface area contributed by atoms with Crippen LogP contribution in [0.4, 0.5) is 0 Å². The van der Waals surface area contributed by atoms with Crippen LogP contribution in [0.25, 0.3) is 0 Å². The van der Waals surface area contributed by atoms with Crippen LogP contribution in [0.1, 0.15) is 99.8 Å². The van der Waals surface area contributed by atoms with Gasteiger partial charge in [0.15, 0.2) is 18.5 Å². The molecule has 5 rings (SSSR count). The van der Waals surface area contributed by atoms with E-state index in [9.17, 15) is 50.4 Å². The predicted octanol–water partition coefficient (Wildman–Crippen LogP) is 1.62. The third-order valence-corrected chi connectivity index (χ3v) is 19.2. The lowest BCUT2D eigenvalue weighted by molar-refractivity contribution is -0.326. The Morgan fingerprint density at radius 3 is 1.63 bits per heavy atom. The summed E-state index contributed by atoms with van der Waals surface area (Å²) in [6.07, 6.45) is -3.22. The van der Waals surface area contributed by atoms with Gasteiger partial charge in [0.2, 0.25) is 0 Å². The van der Waals surface area contributed by atoms with E-state index in [1.54, 1.807) is 7.11 Å². The van der Waals surface area contributed by atoms with Crippen molar-refractivity contribution < 1.29 is 137 Å². The van der Waals surface area contributed by atoms with Crippen molar-refractivity contribution in [3.8, 4) is 0 Å². The standard InChI is InChI=1S/C68H122O28.B.H3P.H2S.H2/c1-47(2)7-6-8-48(3)52-11-12-54-53(52)13-14-56-55(54)10-9-49-41-50(15-16-68(49,56)4)92-40-39-91-46-59(72)93-45-51(94-66(78)63(76)62(75)65(57(71)42-69)96-67-64(77)61(74)60(73)58(43-70)95-67)44-90-38-37-89-36-35-88-34-33-87-32-31-86-30-29-85-28-27-84-26-25-83-24-23-82-22-21-81-20-19-80-18-17-79-5;;;;/h9,47-48,50-58,60-65,67,69-71,73-77H,6-8,10-46H2,1-5H3;;1H3;1H2;1H/t48?,50-,51?,52+,53?,54+,55-,56-,57+,58?,60?,61?,62+,63+,64+,65+,67?,68-;;;;/m0..../s1. The van der Waals surface area contributed by atoms with E-state index in [0.717, 1.165) is 60.7 Å². The molecule has 3 radical (unpaired) electrons. The average molecular weight is 1470 g/mol. The molecule has 8 unspecified atom stereocenters. The van der Waals surface area contributed by atoms with E-state index in [1.165, 1.54) is 56.9 Å². The number of methoxy groups -OCH3 is 1. The number of carbonyl (C=O) groups excluding carboxylic acids is 2. The van der Waals surface area contributed by atoms with Gasteiger partial charge in [-0.2, -0.15) is 23.4 Å². The molecule has 583 valence electrons. The Bertz CT molecular complexity index is 2060. The van der Waals surface area contributed by atoms with Crippen LogP contribution in [-0.4, -0.2) is 327 Å². The molecule has 99 heavy (non-hydrogen) atoms. The SMILES string of the molecule is COCCOCCOCCOCCOCCOCCOCCOCCOCCOCCOCCOCC(COC(=O)COCCO[C@H]1CC[C@@]2(C)C(=CC[C@H]3[C@@H]4CC[C@H](C(C)CCCC(C)C)C4CC[C@@H]32)C1)OC(=O)[C@H](O)[C@@H](O)[C@H](OC1OC(CO)C(O)C(O)[C@H]1O)[C@H](O)CO.P.S.[B].[HH]. The number of fused-ring (bicyclic) bond motifs is 5. The summed E-state index contributed by atoms with van der Waals surface area (Å²) in [6.45, 7) is 15.3. The molecule has 4 fully saturated rings. The molecule has 8 N–H and O–H groups in total. The maximum atomic E-state index is 13.4. The topological polar surface area (TPSA) is 362 Å². The Labute approximate surface area is 601 Å². The fourth-order valence-corrected chi connectivity index (χ4v) is 14.0. The van der Waals surface area contributed by atoms with E-state index in [0.29, 0.717) is 119 Å². The third kappa shape index (κ3) is 34.3. The second-order valence-electron chi connectivity index (χ2n) is 26.3. The van der Waals surface area contributed by atoms with Crippen molar-refractivity contribution in [2.45, 2.75) is 166 Å². The molecule has 3 saturated carbocycles. The van der Waals surface area contributed by atoms with E-state index in [-0.39, 0.29) is 91.0 Å². The highest BCUT2D eigenvalue weighted by atomic mass is 32.1. The molecule has 0 spiro atoms. The summed E-state index contributed by atoms with van der Waals surface area (Å²) in [7, 11) is 1.63. The Kier molecular flexibility index (Phi) is 52.1. The zero-order valence-corrected chi connectivity index (χ0v) is 62.2. The van der Waals surface area contributed by atoms with Crippen molar-refractivity contribution in [2.75, 3.05) is 199 Å². The fraction of sp³-hybridized carbons (Fsp3) is 0.941. The quantitative estimate of drug-likeness (QED) is 0.0141. The monoisotopic (exact) mass is 1470 g/mol. The van der Waals surface area contributed by atoms with Crippen LogP contribution in [0.3, 0.4) is 0 Å². The summed E-state index contributed by atoms with van der Waals surface area (Å²) in [5.41, 5.74) is 1.73. The first-order valence-electron chi connectivity index (χ1n) is 35.2. The minimum Gasteiger partial charge on any atom is -0.460 e. The number of allylic oxidation sites excluding steroid dienone is 1. The van der Waals surface area contributed by atoms with E-state index < -0.39 is 99.6 Å². The van der Waals surface area contributed by atoms with Crippen molar-refractivity contribution in [3.05, 3.63) is 11.6 Å². The van der Waals surface area contributed by atoms with Crippen molar-refractivity contribution in [1.82, 2.24) is 0 Å². The van der Waals surface area contributed by atoms with E-state index in [2.05, 4.69) is 33.8 Å². The van der Waals surface area contributed by atoms with Gasteiger partial charge in [0, 0.05) is 16.9 Å². The second kappa shape index (κ2) is 55.1. The fourth-order valence-electron chi connectivity index (χ4n) is 14.0. The highest BCUT2D eigenvalue weighted by Gasteiger charge is 2.55. The molecule has 19 atom stereocenters. The van der Waals surface area contributed by atoms with Crippen LogP contribution in [0.5, 0.6) is 0 Å². The number of hydrogen-bond acceptors (Lipinski definition) is 28. The van der Waals surface area contributed by atoms with Crippen molar-refractivity contribution in [3.63, 3.8) is 0 Å². The van der Waals surface area contributed by atoms with Gasteiger partial charge in [-0.1, -0.05) is 58.6 Å². The number of esters is 2. The van der Waals surface area contributed by atoms with Crippen LogP contribution in [0, 0.1) is 46.8 Å². The highest BCUT2D eigenvalue weighted by molar-refractivity contribution is 7.59. The number of ether oxygens (including phenoxy) is 18. The molecule has 28 nitrogen and oxygen atoms in total. The minimum absolute atomic E-state index is 0. The summed E-state index contributed by atoms with van der Waals surface area (Å²) in [5.74, 6) is 3.36. The van der Waals surface area contributed by atoms with Gasteiger partial charge < -0.3 is 126 Å². The molecule has 4 aliphatic carbocycles. The summed E-state index contributed by atoms with van der Waals surface area (Å²) in [6, 6.07) is 0. The molecule has 0 aromatic rings. The number of aliphatic hydroxyl groups is 8. The highest BCUT2D eigenvalue weighted by Crippen LogP contribution is 2.63. The second-order valence-corrected chi connectivity index (χ2v) is 26.3. The van der Waals surface area contributed by atoms with Gasteiger partial charge >= 0.3 is 11.9 Å². The van der Waals surface area contributed by atoms with Crippen LogP contribution in [-0.2, 0) is 94.9 Å². The molecule has 1 saturated heterocycles. The number of rotatable bonds is 57. The Balaban J connectivity index is 0.0000125. The molecule has 0 aromatic carbocycles. The Morgan fingerprint density at radius 2 is 1.12 bits per heavy atom. The first kappa shape index (κ1) is 93.6. The molecule has 0 amide bonds. The molecular formula is C68H129BO28PS. The lowest BCUT2D eigenvalue weighted by Gasteiger charge is -2.55. The van der Waals surface area contributed by atoms with Gasteiger partial charge in [-0.25, -0.2) is 9.59 Å². The summed E-state index contributed by atoms with van der Waals surface area (Å²) >= 11 is 0. The molecular weight excluding hydrogens is 1340 g/mol. The van der Waals surface area contributed by atoms with Crippen LogP contribution in [0.2, 0.25) is 0 Å². The smallest absolute Gasteiger partial charge is 0.338 e. The minimum atomic E-state index is -2.49. The van der Waals surface area contributed by atoms with Crippen molar-refractivity contribution >= 4 is 43.7 Å². The van der Waals surface area contributed by atoms with E-state index >= 15 is 0 Å². The van der Waals surface area contributed by atoms with Crippen molar-refractivity contribution in [2.24, 2.45) is 46.8 Å². The van der Waals surface area contributed by atoms with Gasteiger partial charge in [0.25, 0.3) is 0 Å². The number of aliphatic hydroxyl groups excluding tert-OH is 8. The summed E-state index contributed by atoms with van der Waals surface area (Å²) < 4.78 is 99.1. The molecule has 31 heteroatoms. The first-order chi connectivity index (χ1) is 46.5. The lowest BCUT2D eigenvalue weighted by Crippen LogP contribution is -2.61. The first-order valence-corrected chi connectivity index (χ1v) is 35.2. The van der Waals surface area contributed by atoms with Crippen molar-refractivity contribution in [1.29, 1.82) is 0 Å². The molecule has 0 bridgehead atoms. The maximum Gasteiger partial charge on any atom is 0.338 e. The largest absolute Gasteiger partial charge is 0.460 e. The van der Waals surface area contributed by atoms with Gasteiger partial charge in [-0.3, -0.25) is 0 Å².